The normalized spacial score (nSPS) is 17.1. The number of piperidine rings is 1. The molecule has 0 aliphatic carbocycles. The van der Waals surface area contributed by atoms with Crippen LogP contribution in [-0.2, 0) is 16.9 Å². The van der Waals surface area contributed by atoms with Gasteiger partial charge in [-0.05, 0) is 44.5 Å². The van der Waals surface area contributed by atoms with Gasteiger partial charge in [0.25, 0.3) is 0 Å². The number of hydrogen-bond donors (Lipinski definition) is 2. The number of aromatic nitrogens is 2. The zero-order valence-corrected chi connectivity index (χ0v) is 12.9. The summed E-state index contributed by atoms with van der Waals surface area (Å²) in [5, 5.41) is 10.7. The summed E-state index contributed by atoms with van der Waals surface area (Å²) in [6.07, 6.45) is 5.14. The van der Waals surface area contributed by atoms with Gasteiger partial charge in [0.1, 0.15) is 5.54 Å². The number of benzene rings is 1. The summed E-state index contributed by atoms with van der Waals surface area (Å²) in [5.74, 6) is 0.0540. The highest BCUT2D eigenvalue weighted by molar-refractivity contribution is 5.84. The standard InChI is InChI=1S/C17H22N4O/c1-14-3-5-15(6-4-14)13-19-16(22)17(7-10-18-11-8-17)21-12-2-9-20-21/h2-6,9,12,18H,7-8,10-11,13H2,1H3,(H,19,22). The molecule has 5 nitrogen and oxygen atoms in total. The fourth-order valence-corrected chi connectivity index (χ4v) is 2.98. The van der Waals surface area contributed by atoms with E-state index >= 15 is 0 Å². The van der Waals surface area contributed by atoms with Crippen LogP contribution in [-0.4, -0.2) is 28.8 Å². The van der Waals surface area contributed by atoms with Crippen molar-refractivity contribution in [2.24, 2.45) is 0 Å². The van der Waals surface area contributed by atoms with E-state index in [4.69, 9.17) is 0 Å². The third-order valence-electron chi connectivity index (χ3n) is 4.37. The molecular formula is C17H22N4O. The van der Waals surface area contributed by atoms with Crippen LogP contribution in [0.5, 0.6) is 0 Å². The molecule has 116 valence electrons. The van der Waals surface area contributed by atoms with Crippen LogP contribution in [0.2, 0.25) is 0 Å². The van der Waals surface area contributed by atoms with Crippen LogP contribution in [0, 0.1) is 6.92 Å². The van der Waals surface area contributed by atoms with Crippen molar-refractivity contribution in [3.8, 4) is 0 Å². The van der Waals surface area contributed by atoms with Crippen molar-refractivity contribution in [3.63, 3.8) is 0 Å². The van der Waals surface area contributed by atoms with Crippen LogP contribution in [0.25, 0.3) is 0 Å². The Hall–Kier alpha value is -2.14. The fourth-order valence-electron chi connectivity index (χ4n) is 2.98. The van der Waals surface area contributed by atoms with Crippen molar-refractivity contribution in [3.05, 3.63) is 53.9 Å². The first kappa shape index (κ1) is 14.8. The predicted molar refractivity (Wildman–Crippen MR) is 85.3 cm³/mol. The van der Waals surface area contributed by atoms with E-state index in [2.05, 4.69) is 46.9 Å². The van der Waals surface area contributed by atoms with Gasteiger partial charge in [-0.3, -0.25) is 9.48 Å². The van der Waals surface area contributed by atoms with Crippen LogP contribution < -0.4 is 10.6 Å². The predicted octanol–water partition coefficient (Wildman–Crippen LogP) is 1.59. The maximum Gasteiger partial charge on any atom is 0.248 e. The van der Waals surface area contributed by atoms with Gasteiger partial charge in [0.15, 0.2) is 0 Å². The first-order valence-corrected chi connectivity index (χ1v) is 7.75. The fraction of sp³-hybridized carbons (Fsp3) is 0.412. The summed E-state index contributed by atoms with van der Waals surface area (Å²) in [6, 6.07) is 10.1. The third kappa shape index (κ3) is 2.90. The molecule has 3 rings (SSSR count). The number of carbonyl (C=O) groups excluding carboxylic acids is 1. The summed E-state index contributed by atoms with van der Waals surface area (Å²) in [7, 11) is 0. The number of nitrogens with zero attached hydrogens (tertiary/aromatic N) is 2. The molecule has 0 radical (unpaired) electrons. The molecule has 1 aromatic carbocycles. The Morgan fingerprint density at radius 2 is 2.05 bits per heavy atom. The minimum absolute atomic E-state index is 0.0540. The second-order valence-corrected chi connectivity index (χ2v) is 5.90. The van der Waals surface area contributed by atoms with Crippen molar-refractivity contribution in [2.45, 2.75) is 31.8 Å². The smallest absolute Gasteiger partial charge is 0.248 e. The van der Waals surface area contributed by atoms with E-state index in [0.29, 0.717) is 6.54 Å². The quantitative estimate of drug-likeness (QED) is 0.901. The van der Waals surface area contributed by atoms with Gasteiger partial charge in [-0.2, -0.15) is 5.10 Å². The van der Waals surface area contributed by atoms with Gasteiger partial charge in [0.2, 0.25) is 5.91 Å². The van der Waals surface area contributed by atoms with Crippen molar-refractivity contribution in [2.75, 3.05) is 13.1 Å². The number of aryl methyl sites for hydroxylation is 1. The average molecular weight is 298 g/mol. The zero-order chi connectivity index (χ0) is 15.4. The van der Waals surface area contributed by atoms with Crippen molar-refractivity contribution < 1.29 is 4.79 Å². The number of nitrogens with one attached hydrogen (secondary N) is 2. The molecule has 2 heterocycles. The van der Waals surface area contributed by atoms with E-state index in [9.17, 15) is 4.79 Å². The Kier molecular flexibility index (Phi) is 4.24. The molecular weight excluding hydrogens is 276 g/mol. The highest BCUT2D eigenvalue weighted by Crippen LogP contribution is 2.27. The third-order valence-corrected chi connectivity index (χ3v) is 4.37. The largest absolute Gasteiger partial charge is 0.350 e. The Morgan fingerprint density at radius 3 is 2.68 bits per heavy atom. The Bertz CT molecular complexity index is 613. The number of amides is 1. The summed E-state index contributed by atoms with van der Waals surface area (Å²) in [6.45, 7) is 4.27. The molecule has 0 atom stereocenters. The van der Waals surface area contributed by atoms with Crippen LogP contribution in [0.3, 0.4) is 0 Å². The Labute approximate surface area is 130 Å². The number of rotatable bonds is 4. The second-order valence-electron chi connectivity index (χ2n) is 5.90. The molecule has 0 spiro atoms. The van der Waals surface area contributed by atoms with E-state index in [-0.39, 0.29) is 5.91 Å². The van der Waals surface area contributed by atoms with E-state index in [1.54, 1.807) is 6.20 Å². The molecule has 1 saturated heterocycles. The number of hydrogen-bond acceptors (Lipinski definition) is 3. The SMILES string of the molecule is Cc1ccc(CNC(=O)C2(n3cccn3)CCNCC2)cc1. The van der Waals surface area contributed by atoms with Gasteiger partial charge in [-0.25, -0.2) is 0 Å². The van der Waals surface area contributed by atoms with Gasteiger partial charge in [-0.1, -0.05) is 29.8 Å². The maximum atomic E-state index is 12.9. The highest BCUT2D eigenvalue weighted by Gasteiger charge is 2.41. The first-order valence-electron chi connectivity index (χ1n) is 7.75. The monoisotopic (exact) mass is 298 g/mol. The van der Waals surface area contributed by atoms with Crippen LogP contribution in [0.15, 0.2) is 42.7 Å². The average Bonchev–Trinajstić information content (AvgIpc) is 3.09. The van der Waals surface area contributed by atoms with E-state index in [1.165, 1.54) is 5.56 Å². The van der Waals surface area contributed by atoms with Crippen molar-refractivity contribution >= 4 is 5.91 Å². The lowest BCUT2D eigenvalue weighted by Gasteiger charge is -2.36. The minimum atomic E-state index is -0.570. The highest BCUT2D eigenvalue weighted by atomic mass is 16.2. The van der Waals surface area contributed by atoms with E-state index in [1.807, 2.05) is 16.9 Å². The zero-order valence-electron chi connectivity index (χ0n) is 12.9. The first-order chi connectivity index (χ1) is 10.7. The summed E-state index contributed by atoms with van der Waals surface area (Å²) in [5.41, 5.74) is 1.77. The molecule has 1 aliphatic heterocycles. The molecule has 0 unspecified atom stereocenters. The topological polar surface area (TPSA) is 59.0 Å². The summed E-state index contributed by atoms with van der Waals surface area (Å²) < 4.78 is 1.82. The van der Waals surface area contributed by atoms with Gasteiger partial charge in [-0.15, -0.1) is 0 Å². The lowest BCUT2D eigenvalue weighted by Crippen LogP contribution is -2.54. The molecule has 1 aliphatic rings. The van der Waals surface area contributed by atoms with Gasteiger partial charge >= 0.3 is 0 Å². The van der Waals surface area contributed by atoms with Gasteiger partial charge in [0.05, 0.1) is 0 Å². The molecule has 2 N–H and O–H groups in total. The minimum Gasteiger partial charge on any atom is -0.350 e. The van der Waals surface area contributed by atoms with E-state index < -0.39 is 5.54 Å². The lowest BCUT2D eigenvalue weighted by molar-refractivity contribution is -0.132. The molecule has 2 aromatic rings. The van der Waals surface area contributed by atoms with Crippen LogP contribution in [0.4, 0.5) is 0 Å². The number of carbonyl (C=O) groups is 1. The van der Waals surface area contributed by atoms with E-state index in [0.717, 1.165) is 31.5 Å². The van der Waals surface area contributed by atoms with Crippen LogP contribution >= 0.6 is 0 Å². The van der Waals surface area contributed by atoms with Gasteiger partial charge in [0, 0.05) is 18.9 Å². The Balaban J connectivity index is 1.74. The molecule has 22 heavy (non-hydrogen) atoms. The molecule has 5 heteroatoms. The molecule has 1 aromatic heterocycles. The molecule has 0 bridgehead atoms. The maximum absolute atomic E-state index is 12.9. The molecule has 1 amide bonds. The van der Waals surface area contributed by atoms with Crippen molar-refractivity contribution in [1.29, 1.82) is 0 Å². The second kappa shape index (κ2) is 6.32. The Morgan fingerprint density at radius 1 is 1.32 bits per heavy atom. The summed E-state index contributed by atoms with van der Waals surface area (Å²) >= 11 is 0. The van der Waals surface area contributed by atoms with Crippen molar-refractivity contribution in [1.82, 2.24) is 20.4 Å². The van der Waals surface area contributed by atoms with Crippen LogP contribution in [0.1, 0.15) is 24.0 Å². The molecule has 1 fully saturated rings. The lowest BCUT2D eigenvalue weighted by atomic mass is 9.87. The molecule has 0 saturated carbocycles. The van der Waals surface area contributed by atoms with Gasteiger partial charge < -0.3 is 10.6 Å². The summed E-state index contributed by atoms with van der Waals surface area (Å²) in [4.78, 5) is 12.9.